The fourth-order valence-electron chi connectivity index (χ4n) is 3.44. The standard InChI is InChI=1S/C16H27N7O4S/c1-4-10(2)23-9-12(24)18-13-14(23)20-16(17,21-15(13)25)19-11-5-7-22(8-6-11)28(3,26)27/h9-11,19,24H,4-8,17H2,1-3H3,(H,21,25). The molecule has 3 heterocycles. The average molecular weight is 414 g/mol. The summed E-state index contributed by atoms with van der Waals surface area (Å²) in [5.41, 5.74) is 6.33. The van der Waals surface area contributed by atoms with Gasteiger partial charge in [0.2, 0.25) is 21.8 Å². The Balaban J connectivity index is 1.80. The molecule has 3 aliphatic heterocycles. The number of nitrogens with zero attached hydrogens (tertiary/aromatic N) is 4. The molecule has 3 aliphatic rings. The largest absolute Gasteiger partial charge is 0.492 e. The van der Waals surface area contributed by atoms with Crippen molar-refractivity contribution in [2.45, 2.75) is 51.1 Å². The highest BCUT2D eigenvalue weighted by atomic mass is 32.2. The van der Waals surface area contributed by atoms with Crippen LogP contribution in [-0.2, 0) is 14.8 Å². The molecule has 0 aromatic rings. The average Bonchev–Trinajstić information content (AvgIpc) is 2.60. The number of fused-ring (bicyclic) bond motifs is 1. The predicted octanol–water partition coefficient (Wildman–Crippen LogP) is -0.990. The molecule has 0 aromatic carbocycles. The summed E-state index contributed by atoms with van der Waals surface area (Å²) < 4.78 is 24.7. The van der Waals surface area contributed by atoms with Crippen molar-refractivity contribution in [2.75, 3.05) is 19.3 Å². The Kier molecular flexibility index (Phi) is 5.49. The third-order valence-corrected chi connectivity index (χ3v) is 6.45. The van der Waals surface area contributed by atoms with Crippen molar-refractivity contribution in [3.63, 3.8) is 0 Å². The molecule has 3 rings (SSSR count). The van der Waals surface area contributed by atoms with Gasteiger partial charge >= 0.3 is 0 Å². The lowest BCUT2D eigenvalue weighted by Crippen LogP contribution is -2.72. The minimum Gasteiger partial charge on any atom is -0.492 e. The first-order chi connectivity index (χ1) is 13.0. The third kappa shape index (κ3) is 4.19. The van der Waals surface area contributed by atoms with E-state index in [1.807, 2.05) is 13.8 Å². The molecule has 0 aliphatic carbocycles. The highest BCUT2D eigenvalue weighted by Gasteiger charge is 2.42. The van der Waals surface area contributed by atoms with E-state index in [0.717, 1.165) is 6.42 Å². The van der Waals surface area contributed by atoms with Gasteiger partial charge in [-0.3, -0.25) is 15.8 Å². The van der Waals surface area contributed by atoms with Gasteiger partial charge in [0, 0.05) is 25.2 Å². The van der Waals surface area contributed by atoms with Crippen molar-refractivity contribution in [3.8, 4) is 0 Å². The van der Waals surface area contributed by atoms with Gasteiger partial charge in [-0.25, -0.2) is 22.7 Å². The Morgan fingerprint density at radius 2 is 2.11 bits per heavy atom. The molecule has 0 radical (unpaired) electrons. The van der Waals surface area contributed by atoms with E-state index in [-0.39, 0.29) is 23.7 Å². The number of carbonyl (C=O) groups excluding carboxylic acids is 1. The Morgan fingerprint density at radius 1 is 1.46 bits per heavy atom. The summed E-state index contributed by atoms with van der Waals surface area (Å²) >= 11 is 0. The minimum atomic E-state index is -3.22. The summed E-state index contributed by atoms with van der Waals surface area (Å²) in [4.78, 5) is 22.6. The molecular weight excluding hydrogens is 386 g/mol. The number of carbonyl (C=O) groups is 1. The topological polar surface area (TPSA) is 153 Å². The van der Waals surface area contributed by atoms with Crippen LogP contribution in [0, 0.1) is 0 Å². The molecule has 0 aromatic heterocycles. The molecule has 12 heteroatoms. The summed E-state index contributed by atoms with van der Waals surface area (Å²) in [6.45, 7) is 4.67. The number of nitrogens with one attached hydrogen (secondary N) is 2. The molecular formula is C16H27N7O4S. The van der Waals surface area contributed by atoms with E-state index < -0.39 is 21.8 Å². The summed E-state index contributed by atoms with van der Waals surface area (Å²) in [6, 6.07) is -0.143. The summed E-state index contributed by atoms with van der Waals surface area (Å²) in [7, 11) is -3.22. The number of aliphatic imine (C=N–C) groups is 2. The van der Waals surface area contributed by atoms with Crippen LogP contribution in [0.3, 0.4) is 0 Å². The molecule has 1 amide bonds. The first kappa shape index (κ1) is 20.7. The van der Waals surface area contributed by atoms with Crippen LogP contribution in [0.2, 0.25) is 0 Å². The number of nitrogens with two attached hydrogens (primary N) is 1. The molecule has 156 valence electrons. The maximum Gasteiger partial charge on any atom is 0.277 e. The van der Waals surface area contributed by atoms with Crippen molar-refractivity contribution in [1.29, 1.82) is 0 Å². The Labute approximate surface area is 164 Å². The van der Waals surface area contributed by atoms with Gasteiger partial charge in [-0.15, -0.1) is 0 Å². The van der Waals surface area contributed by atoms with E-state index in [4.69, 9.17) is 5.73 Å². The van der Waals surface area contributed by atoms with Gasteiger partial charge in [-0.05, 0) is 26.2 Å². The number of hydrogen-bond donors (Lipinski definition) is 4. The number of sulfonamides is 1. The SMILES string of the molecule is CCC(C)N1C=C(O)N=C2C(=O)NC(N)(NC3CCN(S(C)(=O)=O)CC3)N=C21. The van der Waals surface area contributed by atoms with Gasteiger partial charge in [-0.2, -0.15) is 0 Å². The van der Waals surface area contributed by atoms with Gasteiger partial charge in [0.25, 0.3) is 5.91 Å². The van der Waals surface area contributed by atoms with E-state index in [1.54, 1.807) is 4.90 Å². The highest BCUT2D eigenvalue weighted by Crippen LogP contribution is 2.20. The predicted molar refractivity (Wildman–Crippen MR) is 105 cm³/mol. The van der Waals surface area contributed by atoms with Gasteiger partial charge in [0.05, 0.1) is 12.5 Å². The molecule has 0 saturated carbocycles. The molecule has 0 bridgehead atoms. The van der Waals surface area contributed by atoms with Crippen molar-refractivity contribution < 1.29 is 18.3 Å². The second kappa shape index (κ2) is 7.43. The number of rotatable bonds is 5. The fourth-order valence-corrected chi connectivity index (χ4v) is 4.31. The number of hydrogen-bond acceptors (Lipinski definition) is 9. The highest BCUT2D eigenvalue weighted by molar-refractivity contribution is 7.88. The smallest absolute Gasteiger partial charge is 0.277 e. The van der Waals surface area contributed by atoms with E-state index >= 15 is 0 Å². The lowest BCUT2D eigenvalue weighted by atomic mass is 10.1. The Morgan fingerprint density at radius 3 is 2.68 bits per heavy atom. The van der Waals surface area contributed by atoms with Gasteiger partial charge < -0.3 is 15.3 Å². The second-order valence-electron chi connectivity index (χ2n) is 7.35. The summed E-state index contributed by atoms with van der Waals surface area (Å²) in [5, 5.41) is 15.6. The molecule has 5 N–H and O–H groups in total. The first-order valence-electron chi connectivity index (χ1n) is 9.24. The lowest BCUT2D eigenvalue weighted by Gasteiger charge is -2.41. The van der Waals surface area contributed by atoms with Crippen LogP contribution in [0.25, 0.3) is 0 Å². The van der Waals surface area contributed by atoms with Crippen molar-refractivity contribution in [1.82, 2.24) is 19.8 Å². The minimum absolute atomic E-state index is 0.00932. The van der Waals surface area contributed by atoms with E-state index in [1.165, 1.54) is 16.8 Å². The molecule has 28 heavy (non-hydrogen) atoms. The van der Waals surface area contributed by atoms with Crippen molar-refractivity contribution >= 4 is 27.5 Å². The molecule has 1 saturated heterocycles. The van der Waals surface area contributed by atoms with Gasteiger partial charge in [0.1, 0.15) is 0 Å². The quantitative estimate of drug-likeness (QED) is 0.422. The lowest BCUT2D eigenvalue weighted by molar-refractivity contribution is -0.117. The maximum absolute atomic E-state index is 12.6. The van der Waals surface area contributed by atoms with Crippen molar-refractivity contribution in [2.24, 2.45) is 15.7 Å². The summed E-state index contributed by atoms with van der Waals surface area (Å²) in [6.07, 6.45) is 4.47. The van der Waals surface area contributed by atoms with E-state index in [9.17, 15) is 18.3 Å². The monoisotopic (exact) mass is 413 g/mol. The van der Waals surface area contributed by atoms with Crippen LogP contribution < -0.4 is 16.4 Å². The molecule has 2 unspecified atom stereocenters. The molecule has 11 nitrogen and oxygen atoms in total. The molecule has 1 fully saturated rings. The summed E-state index contributed by atoms with van der Waals surface area (Å²) in [5.74, 6) is -2.06. The third-order valence-electron chi connectivity index (χ3n) is 5.15. The molecule has 2 atom stereocenters. The zero-order valence-corrected chi connectivity index (χ0v) is 17.0. The van der Waals surface area contributed by atoms with Crippen LogP contribution >= 0.6 is 0 Å². The van der Waals surface area contributed by atoms with Crippen LogP contribution in [0.1, 0.15) is 33.1 Å². The van der Waals surface area contributed by atoms with Crippen molar-refractivity contribution in [3.05, 3.63) is 12.1 Å². The molecule has 0 spiro atoms. The van der Waals surface area contributed by atoms with Gasteiger partial charge in [-0.1, -0.05) is 6.92 Å². The number of aliphatic hydroxyl groups is 1. The van der Waals surface area contributed by atoms with Crippen LogP contribution in [0.4, 0.5) is 0 Å². The Bertz CT molecular complexity index is 845. The number of amidine groups is 1. The van der Waals surface area contributed by atoms with Crippen LogP contribution in [-0.4, -0.2) is 77.5 Å². The van der Waals surface area contributed by atoms with E-state index in [2.05, 4.69) is 20.6 Å². The number of amides is 1. The maximum atomic E-state index is 12.6. The number of piperidine rings is 1. The van der Waals surface area contributed by atoms with Crippen LogP contribution in [0.15, 0.2) is 22.1 Å². The first-order valence-corrected chi connectivity index (χ1v) is 11.1. The zero-order valence-electron chi connectivity index (χ0n) is 16.2. The number of aliphatic hydroxyl groups excluding tert-OH is 1. The second-order valence-corrected chi connectivity index (χ2v) is 9.33. The van der Waals surface area contributed by atoms with E-state index in [0.29, 0.717) is 31.8 Å². The fraction of sp³-hybridized carbons (Fsp3) is 0.688. The Hall–Kier alpha value is -2.02. The normalized spacial score (nSPS) is 28.1. The zero-order chi connectivity index (χ0) is 20.7. The van der Waals surface area contributed by atoms with Gasteiger partial charge in [0.15, 0.2) is 11.5 Å². The van der Waals surface area contributed by atoms with Crippen LogP contribution in [0.5, 0.6) is 0 Å².